The molecule has 0 spiro atoms. The van der Waals surface area contributed by atoms with Gasteiger partial charge in [0.05, 0.1) is 19.3 Å². The fourth-order valence-corrected chi connectivity index (χ4v) is 2.29. The molecule has 1 aromatic rings. The number of hydrogen-bond acceptors (Lipinski definition) is 3. The van der Waals surface area contributed by atoms with Crippen LogP contribution in [0.3, 0.4) is 0 Å². The van der Waals surface area contributed by atoms with Crippen LogP contribution in [0.5, 0.6) is 0 Å². The number of nitrogens with one attached hydrogen (secondary N) is 1. The Hall–Kier alpha value is -1.46. The number of halogens is 1. The molecule has 2 atom stereocenters. The molecule has 5 heteroatoms. The number of benzene rings is 1. The van der Waals surface area contributed by atoms with Crippen LogP contribution in [0.4, 0.5) is 4.39 Å². The van der Waals surface area contributed by atoms with Crippen LogP contribution >= 0.6 is 0 Å². The second-order valence-corrected chi connectivity index (χ2v) is 5.16. The zero-order chi connectivity index (χ0) is 14.5. The molecule has 4 nitrogen and oxygen atoms in total. The summed E-state index contributed by atoms with van der Waals surface area (Å²) < 4.78 is 18.3. The molecule has 0 bridgehead atoms. The Balaban J connectivity index is 1.93. The smallest absolute Gasteiger partial charge is 0.224 e. The zero-order valence-electron chi connectivity index (χ0n) is 11.9. The summed E-state index contributed by atoms with van der Waals surface area (Å²) in [7, 11) is 1.78. The van der Waals surface area contributed by atoms with Gasteiger partial charge < -0.3 is 15.0 Å². The molecule has 1 aromatic carbocycles. The lowest BCUT2D eigenvalue weighted by molar-refractivity contribution is -0.133. The van der Waals surface area contributed by atoms with Crippen molar-refractivity contribution in [2.45, 2.75) is 25.4 Å². The molecule has 1 fully saturated rings. The molecule has 2 rings (SSSR count). The van der Waals surface area contributed by atoms with E-state index in [1.807, 2.05) is 6.92 Å². The van der Waals surface area contributed by atoms with E-state index in [1.165, 1.54) is 12.1 Å². The van der Waals surface area contributed by atoms with E-state index in [0.29, 0.717) is 19.6 Å². The molecule has 0 aliphatic carbocycles. The van der Waals surface area contributed by atoms with Crippen LogP contribution in [0.25, 0.3) is 0 Å². The maximum atomic E-state index is 12.9. The highest BCUT2D eigenvalue weighted by molar-refractivity contribution is 5.77. The predicted molar refractivity (Wildman–Crippen MR) is 74.8 cm³/mol. The van der Waals surface area contributed by atoms with Gasteiger partial charge in [0.2, 0.25) is 5.91 Å². The summed E-state index contributed by atoms with van der Waals surface area (Å²) in [5.41, 5.74) is 0.926. The summed E-state index contributed by atoms with van der Waals surface area (Å²) >= 11 is 0. The minimum Gasteiger partial charge on any atom is -0.378 e. The van der Waals surface area contributed by atoms with Crippen molar-refractivity contribution in [2.24, 2.45) is 0 Å². The van der Waals surface area contributed by atoms with E-state index in [2.05, 4.69) is 5.32 Å². The Labute approximate surface area is 118 Å². The van der Waals surface area contributed by atoms with E-state index in [0.717, 1.165) is 12.1 Å². The lowest BCUT2D eigenvalue weighted by Crippen LogP contribution is -2.44. The molecule has 1 aliphatic rings. The molecule has 1 aliphatic heterocycles. The molecule has 1 saturated heterocycles. The molecule has 1 N–H and O–H groups in total. The van der Waals surface area contributed by atoms with E-state index < -0.39 is 0 Å². The molecular weight excluding hydrogens is 259 g/mol. The van der Waals surface area contributed by atoms with E-state index in [1.54, 1.807) is 24.1 Å². The first-order valence-electron chi connectivity index (χ1n) is 6.90. The molecule has 2 unspecified atom stereocenters. The normalized spacial score (nSPS) is 20.4. The van der Waals surface area contributed by atoms with Gasteiger partial charge in [0.1, 0.15) is 5.82 Å². The first-order chi connectivity index (χ1) is 9.58. The second kappa shape index (κ2) is 6.81. The van der Waals surface area contributed by atoms with Gasteiger partial charge in [-0.25, -0.2) is 4.39 Å². The number of ether oxygens (including phenoxy) is 1. The first kappa shape index (κ1) is 14.9. The van der Waals surface area contributed by atoms with Gasteiger partial charge in [-0.2, -0.15) is 0 Å². The minimum absolute atomic E-state index is 0.0600. The number of nitrogens with zero attached hydrogens (tertiary/aromatic N) is 1. The van der Waals surface area contributed by atoms with Crippen molar-refractivity contribution in [1.29, 1.82) is 0 Å². The van der Waals surface area contributed by atoms with E-state index >= 15 is 0 Å². The number of morpholine rings is 1. The fourth-order valence-electron chi connectivity index (χ4n) is 2.29. The van der Waals surface area contributed by atoms with Gasteiger partial charge in [0.15, 0.2) is 0 Å². The van der Waals surface area contributed by atoms with Crippen LogP contribution < -0.4 is 5.32 Å². The Morgan fingerprint density at radius 1 is 1.50 bits per heavy atom. The first-order valence-corrected chi connectivity index (χ1v) is 6.90. The van der Waals surface area contributed by atoms with Crippen molar-refractivity contribution in [3.8, 4) is 0 Å². The zero-order valence-corrected chi connectivity index (χ0v) is 11.9. The largest absolute Gasteiger partial charge is 0.378 e. The van der Waals surface area contributed by atoms with E-state index in [4.69, 9.17) is 4.74 Å². The molecule has 110 valence electrons. The van der Waals surface area contributed by atoms with Crippen LogP contribution in [-0.4, -0.2) is 43.7 Å². The Kier molecular flexibility index (Phi) is 5.09. The summed E-state index contributed by atoms with van der Waals surface area (Å²) in [6.07, 6.45) is 0.419. The molecule has 0 aromatic heterocycles. The second-order valence-electron chi connectivity index (χ2n) is 5.16. The molecule has 20 heavy (non-hydrogen) atoms. The summed E-state index contributed by atoms with van der Waals surface area (Å²) in [6, 6.07) is 6.27. The monoisotopic (exact) mass is 280 g/mol. The van der Waals surface area contributed by atoms with Crippen LogP contribution in [0.1, 0.15) is 24.9 Å². The number of rotatable bonds is 4. The van der Waals surface area contributed by atoms with Crippen molar-refractivity contribution in [3.63, 3.8) is 0 Å². The average Bonchev–Trinajstić information content (AvgIpc) is 2.47. The number of carbonyl (C=O) groups is 1. The highest BCUT2D eigenvalue weighted by atomic mass is 19.1. The standard InChI is InChI=1S/C15H21FN2O2/c1-11(12-3-5-13(16)6-4-12)18(2)15(19)9-14-10-20-8-7-17-14/h3-6,11,14,17H,7-10H2,1-2H3. The van der Waals surface area contributed by atoms with Crippen molar-refractivity contribution in [1.82, 2.24) is 10.2 Å². The van der Waals surface area contributed by atoms with Gasteiger partial charge >= 0.3 is 0 Å². The lowest BCUT2D eigenvalue weighted by atomic mass is 10.1. The van der Waals surface area contributed by atoms with Gasteiger partial charge in [0, 0.05) is 26.1 Å². The average molecular weight is 280 g/mol. The predicted octanol–water partition coefficient (Wildman–Crippen LogP) is 1.72. The van der Waals surface area contributed by atoms with E-state index in [9.17, 15) is 9.18 Å². The minimum atomic E-state index is -0.265. The van der Waals surface area contributed by atoms with Gasteiger partial charge in [0.25, 0.3) is 0 Å². The van der Waals surface area contributed by atoms with Gasteiger partial charge in [-0.15, -0.1) is 0 Å². The summed E-state index contributed by atoms with van der Waals surface area (Å²) in [4.78, 5) is 13.9. The lowest BCUT2D eigenvalue weighted by Gasteiger charge is -2.29. The van der Waals surface area contributed by atoms with Crippen LogP contribution in [0, 0.1) is 5.82 Å². The third-order valence-corrected chi connectivity index (χ3v) is 3.75. The third kappa shape index (κ3) is 3.77. The molecular formula is C15H21FN2O2. The number of carbonyl (C=O) groups excluding carboxylic acids is 1. The van der Waals surface area contributed by atoms with Crippen molar-refractivity contribution >= 4 is 5.91 Å². The van der Waals surface area contributed by atoms with E-state index in [-0.39, 0.29) is 23.8 Å². The summed E-state index contributed by atoms with van der Waals surface area (Å²) in [5, 5.41) is 3.27. The summed E-state index contributed by atoms with van der Waals surface area (Å²) in [6.45, 7) is 4.00. The molecule has 0 radical (unpaired) electrons. The fraction of sp³-hybridized carbons (Fsp3) is 0.533. The van der Waals surface area contributed by atoms with Crippen molar-refractivity contribution < 1.29 is 13.9 Å². The molecule has 1 amide bonds. The highest BCUT2D eigenvalue weighted by Gasteiger charge is 2.22. The van der Waals surface area contributed by atoms with Gasteiger partial charge in [-0.05, 0) is 24.6 Å². The molecule has 1 heterocycles. The third-order valence-electron chi connectivity index (χ3n) is 3.75. The maximum Gasteiger partial charge on any atom is 0.224 e. The SMILES string of the molecule is CC(c1ccc(F)cc1)N(C)C(=O)CC1COCCN1. The summed E-state index contributed by atoms with van der Waals surface area (Å²) in [5.74, 6) is -0.205. The Morgan fingerprint density at radius 3 is 2.80 bits per heavy atom. The van der Waals surface area contributed by atoms with Gasteiger partial charge in [-0.1, -0.05) is 12.1 Å². The Bertz CT molecular complexity index is 444. The topological polar surface area (TPSA) is 41.6 Å². The Morgan fingerprint density at radius 2 is 2.20 bits per heavy atom. The van der Waals surface area contributed by atoms with Crippen molar-refractivity contribution in [3.05, 3.63) is 35.6 Å². The molecule has 0 saturated carbocycles. The highest BCUT2D eigenvalue weighted by Crippen LogP contribution is 2.20. The number of amides is 1. The van der Waals surface area contributed by atoms with Crippen molar-refractivity contribution in [2.75, 3.05) is 26.8 Å². The van der Waals surface area contributed by atoms with Crippen LogP contribution in [-0.2, 0) is 9.53 Å². The van der Waals surface area contributed by atoms with Crippen LogP contribution in [0.15, 0.2) is 24.3 Å². The maximum absolute atomic E-state index is 12.9. The van der Waals surface area contributed by atoms with Gasteiger partial charge in [-0.3, -0.25) is 4.79 Å². The quantitative estimate of drug-likeness (QED) is 0.913. The number of hydrogen-bond donors (Lipinski definition) is 1. The van der Waals surface area contributed by atoms with Crippen LogP contribution in [0.2, 0.25) is 0 Å².